The third-order valence-electron chi connectivity index (χ3n) is 2.27. The van der Waals surface area contributed by atoms with Crippen molar-refractivity contribution < 1.29 is 9.90 Å². The van der Waals surface area contributed by atoms with Crippen LogP contribution < -0.4 is 5.32 Å². The van der Waals surface area contributed by atoms with Gasteiger partial charge in [0.25, 0.3) is 5.91 Å². The number of rotatable bonds is 4. The Balaban J connectivity index is 2.72. The van der Waals surface area contributed by atoms with Crippen LogP contribution in [0.15, 0.2) is 11.4 Å². The number of carbonyl (C=O) groups is 1. The van der Waals surface area contributed by atoms with Gasteiger partial charge in [0.15, 0.2) is 0 Å². The Morgan fingerprint density at radius 1 is 1.65 bits per heavy atom. The molecule has 0 radical (unpaired) electrons. The number of hydrogen-bond acceptors (Lipinski definition) is 3. The minimum absolute atomic E-state index is 0.0804. The van der Waals surface area contributed by atoms with Crippen molar-refractivity contribution in [2.45, 2.75) is 32.7 Å². The molecule has 1 rings (SSSR count). The molecule has 1 heterocycles. The van der Waals surface area contributed by atoms with Gasteiger partial charge in [-0.25, -0.2) is 0 Å². The van der Waals surface area contributed by atoms with Gasteiger partial charge in [0, 0.05) is 11.6 Å². The maximum absolute atomic E-state index is 11.9. The summed E-state index contributed by atoms with van der Waals surface area (Å²) in [5, 5.41) is 13.4. The molecule has 92 valence electrons. The summed E-state index contributed by atoms with van der Waals surface area (Å²) in [6, 6.07) is 1.97. The lowest BCUT2D eigenvalue weighted by Gasteiger charge is -2.11. The fraction of sp³-hybridized carbons (Fsp3) is 0.462. The number of thiophene rings is 1. The van der Waals surface area contributed by atoms with Gasteiger partial charge >= 0.3 is 0 Å². The summed E-state index contributed by atoms with van der Waals surface area (Å²) in [5.41, 5.74) is 0.685. The Bertz CT molecular complexity index is 428. The van der Waals surface area contributed by atoms with Gasteiger partial charge in [-0.2, -0.15) is 0 Å². The number of aliphatic hydroxyl groups excluding tert-OH is 1. The Kier molecular flexibility index (Phi) is 5.75. The topological polar surface area (TPSA) is 49.3 Å². The van der Waals surface area contributed by atoms with Crippen LogP contribution in [0, 0.1) is 11.8 Å². The molecular weight excluding hydrogens is 234 g/mol. The summed E-state index contributed by atoms with van der Waals surface area (Å²) < 4.78 is 0. The zero-order valence-corrected chi connectivity index (χ0v) is 10.9. The number of carbonyl (C=O) groups excluding carboxylic acids is 1. The summed E-state index contributed by atoms with van der Waals surface area (Å²) >= 11 is 1.37. The van der Waals surface area contributed by atoms with Crippen LogP contribution in [0.5, 0.6) is 0 Å². The Hall–Kier alpha value is -1.31. The molecule has 2 N–H and O–H groups in total. The molecule has 0 aromatic carbocycles. The molecular formula is C13H17NO2S. The van der Waals surface area contributed by atoms with E-state index in [9.17, 15) is 4.79 Å². The molecule has 0 fully saturated rings. The Morgan fingerprint density at radius 3 is 3.06 bits per heavy atom. The van der Waals surface area contributed by atoms with Crippen molar-refractivity contribution in [1.82, 2.24) is 5.32 Å². The van der Waals surface area contributed by atoms with E-state index >= 15 is 0 Å². The van der Waals surface area contributed by atoms with E-state index < -0.39 is 0 Å². The summed E-state index contributed by atoms with van der Waals surface area (Å²) in [7, 11) is 0. The monoisotopic (exact) mass is 251 g/mol. The highest BCUT2D eigenvalue weighted by Gasteiger charge is 2.13. The quantitative estimate of drug-likeness (QED) is 0.804. The first-order valence-corrected chi connectivity index (χ1v) is 6.55. The molecule has 1 atom stereocenters. The second kappa shape index (κ2) is 7.10. The second-order valence-corrected chi connectivity index (χ2v) is 4.70. The summed E-state index contributed by atoms with van der Waals surface area (Å²) in [4.78, 5) is 12.6. The molecule has 0 aliphatic rings. The van der Waals surface area contributed by atoms with Crippen molar-refractivity contribution in [3.05, 3.63) is 21.9 Å². The standard InChI is InChI=1S/C13H17NO2S/c1-3-5-10(2)14-13(16)12-11(6-4-8-15)7-9-17-12/h7,9-10,15H,3,5,8H2,1-2H3,(H,14,16). The number of nitrogens with one attached hydrogen (secondary N) is 1. The van der Waals surface area contributed by atoms with E-state index in [4.69, 9.17) is 5.11 Å². The highest BCUT2D eigenvalue weighted by Crippen LogP contribution is 2.16. The lowest BCUT2D eigenvalue weighted by molar-refractivity contribution is 0.0942. The first kappa shape index (κ1) is 13.8. The lowest BCUT2D eigenvalue weighted by Crippen LogP contribution is -2.32. The fourth-order valence-corrected chi connectivity index (χ4v) is 2.27. The van der Waals surface area contributed by atoms with E-state index in [-0.39, 0.29) is 18.6 Å². The largest absolute Gasteiger partial charge is 0.384 e. The molecule has 1 aromatic rings. The van der Waals surface area contributed by atoms with Gasteiger partial charge in [0.2, 0.25) is 0 Å². The highest BCUT2D eigenvalue weighted by atomic mass is 32.1. The molecule has 0 bridgehead atoms. The normalized spacial score (nSPS) is 11.5. The fourth-order valence-electron chi connectivity index (χ4n) is 1.51. The molecule has 0 spiro atoms. The van der Waals surface area contributed by atoms with Gasteiger partial charge in [-0.3, -0.25) is 4.79 Å². The van der Waals surface area contributed by atoms with Crippen molar-refractivity contribution >= 4 is 17.2 Å². The number of amides is 1. The minimum atomic E-state index is -0.191. The second-order valence-electron chi connectivity index (χ2n) is 3.79. The highest BCUT2D eigenvalue weighted by molar-refractivity contribution is 7.12. The first-order chi connectivity index (χ1) is 8.19. The van der Waals surface area contributed by atoms with Crippen molar-refractivity contribution in [1.29, 1.82) is 0 Å². The van der Waals surface area contributed by atoms with Gasteiger partial charge in [-0.1, -0.05) is 25.2 Å². The Morgan fingerprint density at radius 2 is 2.41 bits per heavy atom. The van der Waals surface area contributed by atoms with E-state index in [1.807, 2.05) is 12.3 Å². The zero-order chi connectivity index (χ0) is 12.7. The summed E-state index contributed by atoms with van der Waals surface area (Å²) in [6.45, 7) is 3.89. The average Bonchev–Trinajstić information content (AvgIpc) is 2.74. The van der Waals surface area contributed by atoms with Crippen LogP contribution in [0.2, 0.25) is 0 Å². The molecule has 1 amide bonds. The minimum Gasteiger partial charge on any atom is -0.384 e. The third-order valence-corrected chi connectivity index (χ3v) is 3.19. The van der Waals surface area contributed by atoms with Gasteiger partial charge in [0.05, 0.1) is 0 Å². The summed E-state index contributed by atoms with van der Waals surface area (Å²) in [6.07, 6.45) is 2.01. The van der Waals surface area contributed by atoms with Crippen molar-refractivity contribution in [3.8, 4) is 11.8 Å². The van der Waals surface area contributed by atoms with Gasteiger partial charge in [-0.05, 0) is 24.8 Å². The van der Waals surface area contributed by atoms with E-state index in [0.717, 1.165) is 12.8 Å². The molecule has 1 unspecified atom stereocenters. The molecule has 0 aliphatic heterocycles. The van der Waals surface area contributed by atoms with Crippen LogP contribution in [0.4, 0.5) is 0 Å². The van der Waals surface area contributed by atoms with Crippen LogP contribution in [0.1, 0.15) is 41.9 Å². The third kappa shape index (κ3) is 4.22. The van der Waals surface area contributed by atoms with Crippen molar-refractivity contribution in [3.63, 3.8) is 0 Å². The van der Waals surface area contributed by atoms with Crippen LogP contribution in [-0.2, 0) is 0 Å². The number of aliphatic hydroxyl groups is 1. The van der Waals surface area contributed by atoms with Crippen LogP contribution >= 0.6 is 11.3 Å². The smallest absolute Gasteiger partial charge is 0.262 e. The predicted molar refractivity (Wildman–Crippen MR) is 70.1 cm³/mol. The number of hydrogen-bond donors (Lipinski definition) is 2. The molecule has 0 saturated carbocycles. The van der Waals surface area contributed by atoms with Gasteiger partial charge in [-0.15, -0.1) is 11.3 Å². The maximum atomic E-state index is 11.9. The van der Waals surface area contributed by atoms with Gasteiger partial charge < -0.3 is 10.4 Å². The van der Waals surface area contributed by atoms with E-state index in [1.54, 1.807) is 6.07 Å². The Labute approximate surface area is 106 Å². The van der Waals surface area contributed by atoms with E-state index in [0.29, 0.717) is 10.4 Å². The van der Waals surface area contributed by atoms with Gasteiger partial charge in [0.1, 0.15) is 11.5 Å². The summed E-state index contributed by atoms with van der Waals surface area (Å²) in [5.74, 6) is 5.25. The first-order valence-electron chi connectivity index (χ1n) is 5.67. The SMILES string of the molecule is CCCC(C)NC(=O)c1sccc1C#CCO. The van der Waals surface area contributed by atoms with Crippen LogP contribution in [-0.4, -0.2) is 23.7 Å². The molecule has 17 heavy (non-hydrogen) atoms. The molecule has 4 heteroatoms. The zero-order valence-electron chi connectivity index (χ0n) is 10.1. The van der Waals surface area contributed by atoms with Crippen LogP contribution in [0.25, 0.3) is 0 Å². The molecule has 3 nitrogen and oxygen atoms in total. The molecule has 0 saturated heterocycles. The van der Waals surface area contributed by atoms with Crippen molar-refractivity contribution in [2.24, 2.45) is 0 Å². The maximum Gasteiger partial charge on any atom is 0.262 e. The van der Waals surface area contributed by atoms with Crippen molar-refractivity contribution in [2.75, 3.05) is 6.61 Å². The molecule has 0 aliphatic carbocycles. The lowest BCUT2D eigenvalue weighted by atomic mass is 10.2. The van der Waals surface area contributed by atoms with E-state index in [2.05, 4.69) is 24.1 Å². The van der Waals surface area contributed by atoms with Crippen LogP contribution in [0.3, 0.4) is 0 Å². The predicted octanol–water partition coefficient (Wildman–Crippen LogP) is 2.01. The van der Waals surface area contributed by atoms with E-state index in [1.165, 1.54) is 11.3 Å². The molecule has 1 aromatic heterocycles. The average molecular weight is 251 g/mol.